The topological polar surface area (TPSA) is 20.2 Å². The molecule has 0 bridgehead atoms. The molecular formula is C7H14OS. The monoisotopic (exact) mass is 146 g/mol. The van der Waals surface area contributed by atoms with Gasteiger partial charge in [0.1, 0.15) is 0 Å². The number of hydrogen-bond acceptors (Lipinski definition) is 2. The van der Waals surface area contributed by atoms with Crippen LogP contribution in [-0.2, 0) is 0 Å². The molecule has 9 heavy (non-hydrogen) atoms. The molecule has 0 aromatic carbocycles. The van der Waals surface area contributed by atoms with Gasteiger partial charge in [0.15, 0.2) is 0 Å². The number of hydrogen-bond donors (Lipinski definition) is 1. The quantitative estimate of drug-likeness (QED) is 0.648. The van der Waals surface area contributed by atoms with Crippen molar-refractivity contribution in [3.8, 4) is 0 Å². The highest BCUT2D eigenvalue weighted by Crippen LogP contribution is 2.34. The zero-order valence-corrected chi connectivity index (χ0v) is 6.66. The van der Waals surface area contributed by atoms with E-state index in [9.17, 15) is 5.11 Å². The van der Waals surface area contributed by atoms with E-state index in [-0.39, 0.29) is 6.10 Å². The third-order valence-corrected chi connectivity index (χ3v) is 2.43. The second-order valence-electron chi connectivity index (χ2n) is 2.69. The molecule has 2 heteroatoms. The maximum atomic E-state index is 9.31. The lowest BCUT2D eigenvalue weighted by molar-refractivity contribution is 0.148. The van der Waals surface area contributed by atoms with E-state index in [0.29, 0.717) is 5.92 Å². The normalized spacial score (nSPS) is 22.0. The Hall–Kier alpha value is 0.310. The summed E-state index contributed by atoms with van der Waals surface area (Å²) in [5.74, 6) is 1.77. The Bertz CT molecular complexity index is 81.0. The summed E-state index contributed by atoms with van der Waals surface area (Å²) in [5, 5.41) is 9.31. The summed E-state index contributed by atoms with van der Waals surface area (Å²) in [5.41, 5.74) is 0. The predicted octanol–water partition coefficient (Wildman–Crippen LogP) is 1.51. The first-order valence-corrected chi connectivity index (χ1v) is 4.91. The maximum absolute atomic E-state index is 9.31. The van der Waals surface area contributed by atoms with E-state index in [1.54, 1.807) is 0 Å². The van der Waals surface area contributed by atoms with Crippen molar-refractivity contribution in [2.75, 3.05) is 12.0 Å². The van der Waals surface area contributed by atoms with Gasteiger partial charge in [0, 0.05) is 0 Å². The highest BCUT2D eigenvalue weighted by Gasteiger charge is 2.28. The summed E-state index contributed by atoms with van der Waals surface area (Å²) in [4.78, 5) is 0. The largest absolute Gasteiger partial charge is 0.393 e. The Morgan fingerprint density at radius 1 is 1.67 bits per heavy atom. The SMILES string of the molecule is CSCCC(O)C1CC1. The standard InChI is InChI=1S/C7H14OS/c1-9-5-4-7(8)6-2-3-6/h6-8H,2-5H2,1H3. The summed E-state index contributed by atoms with van der Waals surface area (Å²) >= 11 is 1.82. The van der Waals surface area contributed by atoms with E-state index in [1.807, 2.05) is 11.8 Å². The summed E-state index contributed by atoms with van der Waals surface area (Å²) in [7, 11) is 0. The molecule has 0 aromatic heterocycles. The van der Waals surface area contributed by atoms with E-state index >= 15 is 0 Å². The summed E-state index contributed by atoms with van der Waals surface area (Å²) in [6.45, 7) is 0. The molecule has 1 rings (SSSR count). The van der Waals surface area contributed by atoms with Crippen LogP contribution in [0.5, 0.6) is 0 Å². The average molecular weight is 146 g/mol. The van der Waals surface area contributed by atoms with E-state index in [4.69, 9.17) is 0 Å². The molecule has 1 aliphatic rings. The Morgan fingerprint density at radius 2 is 2.33 bits per heavy atom. The van der Waals surface area contributed by atoms with Crippen molar-refractivity contribution in [1.82, 2.24) is 0 Å². The molecule has 1 N–H and O–H groups in total. The van der Waals surface area contributed by atoms with Crippen LogP contribution in [0, 0.1) is 5.92 Å². The summed E-state index contributed by atoms with van der Waals surface area (Å²) < 4.78 is 0. The fourth-order valence-corrected chi connectivity index (χ4v) is 1.43. The molecule has 0 spiro atoms. The molecule has 1 atom stereocenters. The molecule has 1 aliphatic carbocycles. The number of aliphatic hydroxyl groups excluding tert-OH is 1. The van der Waals surface area contributed by atoms with Gasteiger partial charge in [-0.05, 0) is 37.2 Å². The van der Waals surface area contributed by atoms with E-state index < -0.39 is 0 Å². The maximum Gasteiger partial charge on any atom is 0.0576 e. The van der Waals surface area contributed by atoms with Crippen LogP contribution in [0.15, 0.2) is 0 Å². The molecule has 0 saturated heterocycles. The Kier molecular flexibility index (Phi) is 2.86. The molecule has 0 radical (unpaired) electrons. The average Bonchev–Trinajstić information content (AvgIpc) is 2.63. The van der Waals surface area contributed by atoms with Crippen molar-refractivity contribution >= 4 is 11.8 Å². The van der Waals surface area contributed by atoms with E-state index in [0.717, 1.165) is 12.2 Å². The minimum Gasteiger partial charge on any atom is -0.393 e. The first-order valence-electron chi connectivity index (χ1n) is 3.51. The molecule has 1 saturated carbocycles. The fourth-order valence-electron chi connectivity index (χ4n) is 0.955. The molecular weight excluding hydrogens is 132 g/mol. The number of thioether (sulfide) groups is 1. The van der Waals surface area contributed by atoms with Crippen molar-refractivity contribution in [3.05, 3.63) is 0 Å². The minimum atomic E-state index is 0.0115. The van der Waals surface area contributed by atoms with E-state index in [1.165, 1.54) is 12.8 Å². The van der Waals surface area contributed by atoms with Crippen molar-refractivity contribution in [1.29, 1.82) is 0 Å². The number of aliphatic hydroxyl groups is 1. The first-order chi connectivity index (χ1) is 4.34. The highest BCUT2D eigenvalue weighted by atomic mass is 32.2. The van der Waals surface area contributed by atoms with Crippen molar-refractivity contribution in [3.63, 3.8) is 0 Å². The minimum absolute atomic E-state index is 0.0115. The zero-order chi connectivity index (χ0) is 6.69. The lowest BCUT2D eigenvalue weighted by atomic mass is 10.2. The second kappa shape index (κ2) is 3.47. The Morgan fingerprint density at radius 3 is 2.78 bits per heavy atom. The van der Waals surface area contributed by atoms with Crippen molar-refractivity contribution in [2.24, 2.45) is 5.92 Å². The highest BCUT2D eigenvalue weighted by molar-refractivity contribution is 7.98. The predicted molar refractivity (Wildman–Crippen MR) is 41.7 cm³/mol. The van der Waals surface area contributed by atoms with Gasteiger partial charge in [-0.2, -0.15) is 11.8 Å². The van der Waals surface area contributed by atoms with Crippen molar-refractivity contribution in [2.45, 2.75) is 25.4 Å². The van der Waals surface area contributed by atoms with Gasteiger partial charge in [0.25, 0.3) is 0 Å². The molecule has 1 nitrogen and oxygen atoms in total. The van der Waals surface area contributed by atoms with Gasteiger partial charge >= 0.3 is 0 Å². The molecule has 0 aromatic rings. The smallest absolute Gasteiger partial charge is 0.0576 e. The lowest BCUT2D eigenvalue weighted by Gasteiger charge is -2.05. The second-order valence-corrected chi connectivity index (χ2v) is 3.67. The summed E-state index contributed by atoms with van der Waals surface area (Å²) in [6.07, 6.45) is 5.61. The fraction of sp³-hybridized carbons (Fsp3) is 1.00. The van der Waals surface area contributed by atoms with Gasteiger partial charge in [0.2, 0.25) is 0 Å². The molecule has 0 heterocycles. The van der Waals surface area contributed by atoms with Crippen LogP contribution >= 0.6 is 11.8 Å². The molecule has 1 fully saturated rings. The summed E-state index contributed by atoms with van der Waals surface area (Å²) in [6, 6.07) is 0. The van der Waals surface area contributed by atoms with Gasteiger partial charge in [-0.3, -0.25) is 0 Å². The van der Waals surface area contributed by atoms with Crippen LogP contribution in [0.1, 0.15) is 19.3 Å². The molecule has 0 aliphatic heterocycles. The molecule has 54 valence electrons. The Balaban J connectivity index is 1.96. The van der Waals surface area contributed by atoms with Crippen LogP contribution in [-0.4, -0.2) is 23.2 Å². The van der Waals surface area contributed by atoms with Gasteiger partial charge < -0.3 is 5.11 Å². The van der Waals surface area contributed by atoms with Crippen LogP contribution in [0.2, 0.25) is 0 Å². The number of rotatable bonds is 4. The van der Waals surface area contributed by atoms with Crippen LogP contribution < -0.4 is 0 Å². The third-order valence-electron chi connectivity index (χ3n) is 1.78. The zero-order valence-electron chi connectivity index (χ0n) is 5.84. The van der Waals surface area contributed by atoms with Gasteiger partial charge in [-0.1, -0.05) is 0 Å². The van der Waals surface area contributed by atoms with Crippen LogP contribution in [0.25, 0.3) is 0 Å². The van der Waals surface area contributed by atoms with Crippen molar-refractivity contribution < 1.29 is 5.11 Å². The van der Waals surface area contributed by atoms with Crippen LogP contribution in [0.3, 0.4) is 0 Å². The van der Waals surface area contributed by atoms with Crippen LogP contribution in [0.4, 0.5) is 0 Å². The first kappa shape index (κ1) is 7.42. The Labute approximate surface area is 60.8 Å². The van der Waals surface area contributed by atoms with Gasteiger partial charge in [0.05, 0.1) is 6.10 Å². The molecule has 1 unspecified atom stereocenters. The van der Waals surface area contributed by atoms with Gasteiger partial charge in [-0.25, -0.2) is 0 Å². The van der Waals surface area contributed by atoms with Gasteiger partial charge in [-0.15, -0.1) is 0 Å². The molecule has 0 amide bonds. The van der Waals surface area contributed by atoms with E-state index in [2.05, 4.69) is 6.26 Å². The third kappa shape index (κ3) is 2.59. The lowest BCUT2D eigenvalue weighted by Crippen LogP contribution is -2.09.